The van der Waals surface area contributed by atoms with E-state index in [9.17, 15) is 19.5 Å². The summed E-state index contributed by atoms with van der Waals surface area (Å²) in [7, 11) is 0. The van der Waals surface area contributed by atoms with Gasteiger partial charge in [-0.2, -0.15) is 0 Å². The van der Waals surface area contributed by atoms with Gasteiger partial charge in [0, 0.05) is 0 Å². The molecule has 6 heteroatoms. The number of hydrogen-bond acceptors (Lipinski definition) is 3. The average molecular weight is 388 g/mol. The lowest BCUT2D eigenvalue weighted by molar-refractivity contribution is 0.0692. The molecule has 146 valence electrons. The average Bonchev–Trinajstić information content (AvgIpc) is 2.74. The smallest absolute Gasteiger partial charge is 0.336 e. The Morgan fingerprint density at radius 3 is 1.93 bits per heavy atom. The van der Waals surface area contributed by atoms with Crippen LogP contribution in [0.15, 0.2) is 78.9 Å². The molecule has 0 saturated carbocycles. The molecule has 0 spiro atoms. The third kappa shape index (κ3) is 4.68. The fourth-order valence-corrected chi connectivity index (χ4v) is 2.95. The maximum Gasteiger partial charge on any atom is 0.336 e. The molecule has 0 aliphatic rings. The van der Waals surface area contributed by atoms with E-state index in [4.69, 9.17) is 0 Å². The van der Waals surface area contributed by atoms with E-state index in [0.29, 0.717) is 5.69 Å². The highest BCUT2D eigenvalue weighted by Gasteiger charge is 2.19. The Kier molecular flexibility index (Phi) is 6.04. The van der Waals surface area contributed by atoms with E-state index >= 15 is 0 Å². The predicted molar refractivity (Wildman–Crippen MR) is 110 cm³/mol. The van der Waals surface area contributed by atoms with Crippen LogP contribution in [0.4, 0.5) is 5.69 Å². The van der Waals surface area contributed by atoms with Gasteiger partial charge in [0.2, 0.25) is 0 Å². The number of carbonyl (C=O) groups excluding carboxylic acids is 2. The fourth-order valence-electron chi connectivity index (χ4n) is 2.95. The summed E-state index contributed by atoms with van der Waals surface area (Å²) in [6, 6.07) is 21.8. The molecule has 1 atom stereocenters. The van der Waals surface area contributed by atoms with Crippen molar-refractivity contribution in [2.45, 2.75) is 13.0 Å². The maximum absolute atomic E-state index is 12.8. The first-order valence-corrected chi connectivity index (χ1v) is 9.06. The topological polar surface area (TPSA) is 95.5 Å². The van der Waals surface area contributed by atoms with E-state index in [1.165, 1.54) is 12.1 Å². The van der Waals surface area contributed by atoms with E-state index in [1.807, 2.05) is 37.3 Å². The summed E-state index contributed by atoms with van der Waals surface area (Å²) in [5.41, 5.74) is 1.46. The van der Waals surface area contributed by atoms with Gasteiger partial charge in [-0.15, -0.1) is 0 Å². The minimum absolute atomic E-state index is 0.0212. The van der Waals surface area contributed by atoms with Gasteiger partial charge in [-0.3, -0.25) is 9.59 Å². The minimum Gasteiger partial charge on any atom is -0.478 e. The molecule has 0 aliphatic carbocycles. The minimum atomic E-state index is -1.20. The molecule has 3 rings (SSSR count). The Morgan fingerprint density at radius 2 is 1.28 bits per heavy atom. The number of carboxylic acid groups (broad SMARTS) is 1. The zero-order valence-electron chi connectivity index (χ0n) is 15.8. The summed E-state index contributed by atoms with van der Waals surface area (Å²) in [6.07, 6.45) is 0. The molecule has 0 aliphatic heterocycles. The van der Waals surface area contributed by atoms with Gasteiger partial charge in [-0.25, -0.2) is 4.79 Å². The van der Waals surface area contributed by atoms with Gasteiger partial charge < -0.3 is 15.7 Å². The van der Waals surface area contributed by atoms with Gasteiger partial charge >= 0.3 is 5.97 Å². The van der Waals surface area contributed by atoms with Crippen molar-refractivity contribution < 1.29 is 19.5 Å². The van der Waals surface area contributed by atoms with Crippen molar-refractivity contribution in [3.63, 3.8) is 0 Å². The summed E-state index contributed by atoms with van der Waals surface area (Å²) in [5, 5.41) is 14.9. The molecule has 6 nitrogen and oxygen atoms in total. The van der Waals surface area contributed by atoms with Crippen LogP contribution in [-0.2, 0) is 0 Å². The van der Waals surface area contributed by atoms with E-state index in [2.05, 4.69) is 10.6 Å². The quantitative estimate of drug-likeness (QED) is 0.592. The lowest BCUT2D eigenvalue weighted by Crippen LogP contribution is -2.28. The molecule has 2 amide bonds. The maximum atomic E-state index is 12.8. The van der Waals surface area contributed by atoms with Gasteiger partial charge in [-0.05, 0) is 36.8 Å². The number of aromatic carboxylic acids is 1. The number of rotatable bonds is 6. The number of amides is 2. The lowest BCUT2D eigenvalue weighted by atomic mass is 10.1. The van der Waals surface area contributed by atoms with Crippen LogP contribution >= 0.6 is 0 Å². The normalized spacial score (nSPS) is 11.3. The highest BCUT2D eigenvalue weighted by molar-refractivity contribution is 6.13. The molecule has 3 N–H and O–H groups in total. The Hall–Kier alpha value is -3.93. The van der Waals surface area contributed by atoms with Gasteiger partial charge in [0.1, 0.15) is 0 Å². The summed E-state index contributed by atoms with van der Waals surface area (Å²) in [5.74, 6) is -2.14. The van der Waals surface area contributed by atoms with Crippen molar-refractivity contribution in [1.82, 2.24) is 5.32 Å². The van der Waals surface area contributed by atoms with Crippen molar-refractivity contribution in [3.05, 3.63) is 101 Å². The van der Waals surface area contributed by atoms with Gasteiger partial charge in [0.25, 0.3) is 11.8 Å². The molecule has 3 aromatic carbocycles. The molecule has 0 saturated heterocycles. The fraction of sp³-hybridized carbons (Fsp3) is 0.0870. The lowest BCUT2D eigenvalue weighted by Gasteiger charge is -2.16. The van der Waals surface area contributed by atoms with Gasteiger partial charge in [0.05, 0.1) is 28.4 Å². The molecular formula is C23H20N2O4. The standard InChI is InChI=1S/C23H20N2O4/c1-15(16-9-3-2-4-10-16)24-22(27)19-13-7-8-14-20(19)25-21(26)17-11-5-6-12-18(17)23(28)29/h2-15H,1H3,(H,24,27)(H,25,26)(H,28,29)/t15-/m0/s1. The number of carboxylic acids is 1. The van der Waals surface area contributed by atoms with Crippen molar-refractivity contribution in [3.8, 4) is 0 Å². The van der Waals surface area contributed by atoms with Crippen molar-refractivity contribution in [2.24, 2.45) is 0 Å². The molecule has 29 heavy (non-hydrogen) atoms. The Morgan fingerprint density at radius 1 is 0.724 bits per heavy atom. The zero-order valence-corrected chi connectivity index (χ0v) is 15.8. The molecule has 0 fully saturated rings. The molecule has 0 radical (unpaired) electrons. The van der Waals surface area contributed by atoms with Crippen LogP contribution in [-0.4, -0.2) is 22.9 Å². The second-order valence-electron chi connectivity index (χ2n) is 6.46. The van der Waals surface area contributed by atoms with Gasteiger partial charge in [-0.1, -0.05) is 54.6 Å². The number of benzene rings is 3. The van der Waals surface area contributed by atoms with Crippen molar-refractivity contribution in [1.29, 1.82) is 0 Å². The van der Waals surface area contributed by atoms with E-state index in [1.54, 1.807) is 36.4 Å². The number of para-hydroxylation sites is 1. The van der Waals surface area contributed by atoms with Crippen LogP contribution in [0, 0.1) is 0 Å². The van der Waals surface area contributed by atoms with Crippen LogP contribution in [0.5, 0.6) is 0 Å². The zero-order chi connectivity index (χ0) is 20.8. The van der Waals surface area contributed by atoms with Crippen LogP contribution in [0.1, 0.15) is 49.6 Å². The van der Waals surface area contributed by atoms with Crippen molar-refractivity contribution in [2.75, 3.05) is 5.32 Å². The molecule has 0 heterocycles. The number of anilines is 1. The first kappa shape index (κ1) is 19.8. The second-order valence-corrected chi connectivity index (χ2v) is 6.46. The highest BCUT2D eigenvalue weighted by atomic mass is 16.4. The Bertz CT molecular complexity index is 1050. The Balaban J connectivity index is 1.81. The predicted octanol–water partition coefficient (Wildman–Crippen LogP) is 4.13. The summed E-state index contributed by atoms with van der Waals surface area (Å²) in [4.78, 5) is 36.8. The van der Waals surface area contributed by atoms with Crippen LogP contribution in [0.2, 0.25) is 0 Å². The third-order valence-corrected chi connectivity index (χ3v) is 4.47. The monoisotopic (exact) mass is 388 g/mol. The number of nitrogens with one attached hydrogen (secondary N) is 2. The molecule has 0 unspecified atom stereocenters. The molecule has 0 aromatic heterocycles. The molecule has 3 aromatic rings. The highest BCUT2D eigenvalue weighted by Crippen LogP contribution is 2.20. The van der Waals surface area contributed by atoms with E-state index < -0.39 is 11.9 Å². The van der Waals surface area contributed by atoms with Crippen molar-refractivity contribution >= 4 is 23.5 Å². The summed E-state index contributed by atoms with van der Waals surface area (Å²) >= 11 is 0. The summed E-state index contributed by atoms with van der Waals surface area (Å²) < 4.78 is 0. The Labute approximate surface area is 168 Å². The SMILES string of the molecule is C[C@H](NC(=O)c1ccccc1NC(=O)c1ccccc1C(=O)O)c1ccccc1. The van der Waals surface area contributed by atoms with E-state index in [-0.39, 0.29) is 28.6 Å². The van der Waals surface area contributed by atoms with Crippen LogP contribution in [0.25, 0.3) is 0 Å². The first-order valence-electron chi connectivity index (χ1n) is 9.06. The largest absolute Gasteiger partial charge is 0.478 e. The van der Waals surface area contributed by atoms with Gasteiger partial charge in [0.15, 0.2) is 0 Å². The summed E-state index contributed by atoms with van der Waals surface area (Å²) in [6.45, 7) is 1.87. The third-order valence-electron chi connectivity index (χ3n) is 4.47. The van der Waals surface area contributed by atoms with Crippen LogP contribution in [0.3, 0.4) is 0 Å². The first-order chi connectivity index (χ1) is 14.0. The van der Waals surface area contributed by atoms with E-state index in [0.717, 1.165) is 5.56 Å². The molecule has 0 bridgehead atoms. The number of carbonyl (C=O) groups is 3. The second kappa shape index (κ2) is 8.84. The number of hydrogen-bond donors (Lipinski definition) is 3. The van der Waals surface area contributed by atoms with Crippen LogP contribution < -0.4 is 10.6 Å². The molecular weight excluding hydrogens is 368 g/mol.